The molecule has 1 aromatic heterocycles. The normalized spacial score (nSPS) is 10.5. The Hall–Kier alpha value is -2.21. The van der Waals surface area contributed by atoms with Gasteiger partial charge < -0.3 is 24.5 Å². The number of aromatic nitrogens is 1. The Bertz CT molecular complexity index is 578. The molecule has 0 aliphatic heterocycles. The van der Waals surface area contributed by atoms with Crippen molar-refractivity contribution >= 4 is 0 Å². The summed E-state index contributed by atoms with van der Waals surface area (Å²) < 4.78 is 21.7. The van der Waals surface area contributed by atoms with E-state index in [2.05, 4.69) is 5.16 Å². The molecule has 6 heteroatoms. The number of hydrogen-bond acceptors (Lipinski definition) is 6. The number of aryl methyl sites for hydroxylation is 2. The monoisotopic (exact) mass is 292 g/mol. The number of benzene rings is 1. The predicted octanol–water partition coefficient (Wildman–Crippen LogP) is 2.35. The first-order valence-corrected chi connectivity index (χ1v) is 6.60. The summed E-state index contributed by atoms with van der Waals surface area (Å²) in [5, 5.41) is 3.91. The lowest BCUT2D eigenvalue weighted by Gasteiger charge is -2.15. The van der Waals surface area contributed by atoms with Crippen LogP contribution in [0.25, 0.3) is 0 Å². The van der Waals surface area contributed by atoms with Crippen LogP contribution in [0, 0.1) is 13.8 Å². The van der Waals surface area contributed by atoms with E-state index < -0.39 is 0 Å². The molecule has 0 bridgehead atoms. The summed E-state index contributed by atoms with van der Waals surface area (Å²) in [5.74, 6) is 2.45. The first-order valence-electron chi connectivity index (χ1n) is 6.60. The molecule has 0 fully saturated rings. The minimum Gasteiger partial charge on any atom is -0.493 e. The molecule has 6 nitrogen and oxygen atoms in total. The quantitative estimate of drug-likeness (QED) is 0.880. The molecule has 2 rings (SSSR count). The average molecular weight is 292 g/mol. The minimum atomic E-state index is 0.329. The summed E-state index contributed by atoms with van der Waals surface area (Å²) in [5.41, 5.74) is 8.30. The van der Waals surface area contributed by atoms with Crippen molar-refractivity contribution in [3.8, 4) is 17.2 Å². The van der Waals surface area contributed by atoms with Crippen LogP contribution in [-0.4, -0.2) is 19.4 Å². The van der Waals surface area contributed by atoms with Crippen molar-refractivity contribution in [1.29, 1.82) is 0 Å². The van der Waals surface area contributed by atoms with Gasteiger partial charge in [-0.25, -0.2) is 0 Å². The van der Waals surface area contributed by atoms with E-state index in [0.717, 1.165) is 22.6 Å². The lowest BCUT2D eigenvalue weighted by molar-refractivity contribution is 0.263. The van der Waals surface area contributed by atoms with Gasteiger partial charge in [-0.1, -0.05) is 5.16 Å². The van der Waals surface area contributed by atoms with Gasteiger partial charge in [-0.15, -0.1) is 0 Å². The smallest absolute Gasteiger partial charge is 0.203 e. The van der Waals surface area contributed by atoms with E-state index in [1.165, 1.54) is 0 Å². The summed E-state index contributed by atoms with van der Waals surface area (Å²) in [6, 6.07) is 3.68. The molecular formula is C15H20N2O4. The second kappa shape index (κ2) is 6.49. The molecule has 0 amide bonds. The third-order valence-corrected chi connectivity index (χ3v) is 3.30. The SMILES string of the molecule is COc1cc(CN)cc(OC)c1OCc1c(C)noc1C. The van der Waals surface area contributed by atoms with Crippen LogP contribution < -0.4 is 19.9 Å². The Morgan fingerprint density at radius 1 is 1.14 bits per heavy atom. The average Bonchev–Trinajstić information content (AvgIpc) is 2.83. The van der Waals surface area contributed by atoms with Crippen molar-refractivity contribution in [2.24, 2.45) is 5.73 Å². The van der Waals surface area contributed by atoms with Gasteiger partial charge in [-0.3, -0.25) is 0 Å². The van der Waals surface area contributed by atoms with Crippen LogP contribution in [0.1, 0.15) is 22.6 Å². The van der Waals surface area contributed by atoms with Gasteiger partial charge >= 0.3 is 0 Å². The Balaban J connectivity index is 2.30. The largest absolute Gasteiger partial charge is 0.493 e. The van der Waals surface area contributed by atoms with Crippen LogP contribution in [0.5, 0.6) is 17.2 Å². The molecule has 1 heterocycles. The topological polar surface area (TPSA) is 79.7 Å². The van der Waals surface area contributed by atoms with E-state index >= 15 is 0 Å². The summed E-state index contributed by atoms with van der Waals surface area (Å²) in [4.78, 5) is 0. The molecule has 0 saturated heterocycles. The van der Waals surface area contributed by atoms with Gasteiger partial charge in [0.15, 0.2) is 11.5 Å². The third-order valence-electron chi connectivity index (χ3n) is 3.30. The van der Waals surface area contributed by atoms with E-state index in [1.54, 1.807) is 14.2 Å². The number of nitrogens with two attached hydrogens (primary N) is 1. The standard InChI is InChI=1S/C15H20N2O4/c1-9-12(10(2)21-17-9)8-20-15-13(18-3)5-11(7-16)6-14(15)19-4/h5-6H,7-8,16H2,1-4H3. The molecule has 0 saturated carbocycles. The highest BCUT2D eigenvalue weighted by atomic mass is 16.5. The summed E-state index contributed by atoms with van der Waals surface area (Å²) in [6.45, 7) is 4.46. The second-order valence-electron chi connectivity index (χ2n) is 4.62. The number of methoxy groups -OCH3 is 2. The molecule has 21 heavy (non-hydrogen) atoms. The van der Waals surface area contributed by atoms with Crippen molar-refractivity contribution in [1.82, 2.24) is 5.16 Å². The van der Waals surface area contributed by atoms with Crippen LogP contribution in [-0.2, 0) is 13.2 Å². The highest BCUT2D eigenvalue weighted by Gasteiger charge is 2.16. The van der Waals surface area contributed by atoms with Crippen molar-refractivity contribution < 1.29 is 18.7 Å². The van der Waals surface area contributed by atoms with Crippen LogP contribution in [0.3, 0.4) is 0 Å². The van der Waals surface area contributed by atoms with Crippen molar-refractivity contribution in [3.63, 3.8) is 0 Å². The Morgan fingerprint density at radius 2 is 1.76 bits per heavy atom. The highest BCUT2D eigenvalue weighted by Crippen LogP contribution is 2.39. The van der Waals surface area contributed by atoms with Crippen LogP contribution in [0.15, 0.2) is 16.7 Å². The number of nitrogens with zero attached hydrogens (tertiary/aromatic N) is 1. The molecule has 0 atom stereocenters. The van der Waals surface area contributed by atoms with Crippen LogP contribution in [0.4, 0.5) is 0 Å². The van der Waals surface area contributed by atoms with E-state index in [-0.39, 0.29) is 0 Å². The molecule has 2 N–H and O–H groups in total. The first-order chi connectivity index (χ1) is 10.1. The summed E-state index contributed by atoms with van der Waals surface area (Å²) in [7, 11) is 3.16. The fraction of sp³-hybridized carbons (Fsp3) is 0.400. The summed E-state index contributed by atoms with van der Waals surface area (Å²) >= 11 is 0. The molecule has 0 aliphatic carbocycles. The van der Waals surface area contributed by atoms with E-state index in [1.807, 2.05) is 26.0 Å². The summed E-state index contributed by atoms with van der Waals surface area (Å²) in [6.07, 6.45) is 0. The zero-order valence-electron chi connectivity index (χ0n) is 12.7. The molecule has 2 aromatic rings. The van der Waals surface area contributed by atoms with Crippen molar-refractivity contribution in [3.05, 3.63) is 34.7 Å². The molecule has 0 spiro atoms. The van der Waals surface area contributed by atoms with Gasteiger partial charge in [-0.05, 0) is 31.5 Å². The molecule has 0 radical (unpaired) electrons. The van der Waals surface area contributed by atoms with Gasteiger partial charge in [0, 0.05) is 6.54 Å². The maximum absolute atomic E-state index is 5.86. The predicted molar refractivity (Wildman–Crippen MR) is 77.7 cm³/mol. The molecule has 1 aromatic carbocycles. The second-order valence-corrected chi connectivity index (χ2v) is 4.62. The maximum atomic E-state index is 5.86. The fourth-order valence-electron chi connectivity index (χ4n) is 2.05. The van der Waals surface area contributed by atoms with Gasteiger partial charge in [0.1, 0.15) is 12.4 Å². The van der Waals surface area contributed by atoms with Gasteiger partial charge in [0.05, 0.1) is 25.5 Å². The molecular weight excluding hydrogens is 272 g/mol. The Morgan fingerprint density at radius 3 is 2.19 bits per heavy atom. The molecule has 0 unspecified atom stereocenters. The fourth-order valence-corrected chi connectivity index (χ4v) is 2.05. The van der Waals surface area contributed by atoms with E-state index in [4.69, 9.17) is 24.5 Å². The van der Waals surface area contributed by atoms with E-state index in [9.17, 15) is 0 Å². The van der Waals surface area contributed by atoms with Crippen molar-refractivity contribution in [2.45, 2.75) is 27.0 Å². The first kappa shape index (κ1) is 15.2. The third kappa shape index (κ3) is 3.11. The Kier molecular flexibility index (Phi) is 4.70. The minimum absolute atomic E-state index is 0.329. The van der Waals surface area contributed by atoms with E-state index in [0.29, 0.717) is 30.4 Å². The lowest BCUT2D eigenvalue weighted by Crippen LogP contribution is -2.04. The van der Waals surface area contributed by atoms with Crippen LogP contribution in [0.2, 0.25) is 0 Å². The van der Waals surface area contributed by atoms with Crippen molar-refractivity contribution in [2.75, 3.05) is 14.2 Å². The highest BCUT2D eigenvalue weighted by molar-refractivity contribution is 5.54. The number of rotatable bonds is 6. The van der Waals surface area contributed by atoms with Gasteiger partial charge in [0.25, 0.3) is 0 Å². The Labute approximate surface area is 123 Å². The molecule has 114 valence electrons. The number of hydrogen-bond donors (Lipinski definition) is 1. The van der Waals surface area contributed by atoms with Gasteiger partial charge in [0.2, 0.25) is 5.75 Å². The molecule has 0 aliphatic rings. The number of ether oxygens (including phenoxy) is 3. The zero-order chi connectivity index (χ0) is 15.4. The lowest BCUT2D eigenvalue weighted by atomic mass is 10.1. The zero-order valence-corrected chi connectivity index (χ0v) is 12.7. The van der Waals surface area contributed by atoms with Gasteiger partial charge in [-0.2, -0.15) is 0 Å². The maximum Gasteiger partial charge on any atom is 0.203 e. The van der Waals surface area contributed by atoms with Crippen LogP contribution >= 0.6 is 0 Å².